The summed E-state index contributed by atoms with van der Waals surface area (Å²) in [5.41, 5.74) is 0.672. The van der Waals surface area contributed by atoms with E-state index in [1.54, 1.807) is 25.1 Å². The Balaban J connectivity index is 1.56. The van der Waals surface area contributed by atoms with Crippen LogP contribution in [-0.4, -0.2) is 81.8 Å². The molecular weight excluding hydrogens is 312 g/mol. The fraction of sp³-hybridized carbons (Fsp3) is 0.857. The predicted molar refractivity (Wildman–Crippen MR) is 84.6 cm³/mol. The molecule has 2 fully saturated rings. The third kappa shape index (κ3) is 4.00. The number of methoxy groups -OCH3 is 2. The molecule has 0 unspecified atom stereocenters. The van der Waals surface area contributed by atoms with Crippen molar-refractivity contribution in [1.82, 2.24) is 15.0 Å². The first-order valence-electron chi connectivity index (χ1n) is 7.96. The molecule has 0 N–H and O–H groups in total. The van der Waals surface area contributed by atoms with Crippen LogP contribution in [0.3, 0.4) is 0 Å². The van der Waals surface area contributed by atoms with Gasteiger partial charge in [-0.2, -0.15) is 0 Å². The molecule has 1 aromatic heterocycles. The van der Waals surface area contributed by atoms with Gasteiger partial charge >= 0.3 is 0 Å². The first kappa shape index (κ1) is 17.9. The Morgan fingerprint density at radius 2 is 1.96 bits per heavy atom. The minimum Gasteiger partial charge on any atom is -0.382 e. The van der Waals surface area contributed by atoms with E-state index in [0.29, 0.717) is 25.1 Å². The topological polar surface area (TPSA) is 76.9 Å². The van der Waals surface area contributed by atoms with Crippen molar-refractivity contribution >= 4 is 15.7 Å². The molecule has 6 atom stereocenters. The van der Waals surface area contributed by atoms with Crippen molar-refractivity contribution in [3.8, 4) is 0 Å². The van der Waals surface area contributed by atoms with E-state index in [1.165, 1.54) is 0 Å². The fourth-order valence-corrected chi connectivity index (χ4v) is 3.08. The van der Waals surface area contributed by atoms with E-state index in [0.717, 1.165) is 0 Å². The van der Waals surface area contributed by atoms with E-state index in [2.05, 4.69) is 10.3 Å². The van der Waals surface area contributed by atoms with E-state index < -0.39 is 0 Å². The van der Waals surface area contributed by atoms with E-state index in [1.807, 2.05) is 0 Å². The molecule has 3 heterocycles. The van der Waals surface area contributed by atoms with Gasteiger partial charge in [0, 0.05) is 26.2 Å². The highest BCUT2D eigenvalue weighted by Crippen LogP contribution is 2.32. The molecule has 0 aliphatic carbocycles. The van der Waals surface area contributed by atoms with E-state index in [4.69, 9.17) is 39.4 Å². The Morgan fingerprint density at radius 1 is 1.21 bits per heavy atom. The SMILES string of the molecule is [B][C@H]1C[C@@H](OC)[C@@H](c2cn(CO[C@@H]3C[C@H]([B])O[C@@H]3COC)nn2)O1. The maximum Gasteiger partial charge on any atom is 0.141 e. The second-order valence-electron chi connectivity index (χ2n) is 6.03. The van der Waals surface area contributed by atoms with Crippen LogP contribution in [0.1, 0.15) is 24.6 Å². The molecule has 1 aromatic rings. The molecule has 0 amide bonds. The summed E-state index contributed by atoms with van der Waals surface area (Å²) in [6, 6.07) is -0.689. The van der Waals surface area contributed by atoms with E-state index in [9.17, 15) is 0 Å². The average Bonchev–Trinajstić information content (AvgIpc) is 3.24. The summed E-state index contributed by atoms with van der Waals surface area (Å²) >= 11 is 0. The van der Waals surface area contributed by atoms with Gasteiger partial charge in [0.15, 0.2) is 0 Å². The van der Waals surface area contributed by atoms with Gasteiger partial charge in [0.25, 0.3) is 0 Å². The monoisotopic (exact) mass is 333 g/mol. The number of hydrogen-bond donors (Lipinski definition) is 0. The van der Waals surface area contributed by atoms with Crippen molar-refractivity contribution in [2.75, 3.05) is 20.8 Å². The zero-order valence-electron chi connectivity index (χ0n) is 13.9. The highest BCUT2D eigenvalue weighted by Gasteiger charge is 2.36. The van der Waals surface area contributed by atoms with Gasteiger partial charge < -0.3 is 23.7 Å². The highest BCUT2D eigenvalue weighted by atomic mass is 16.6. The first-order valence-corrected chi connectivity index (χ1v) is 7.96. The largest absolute Gasteiger partial charge is 0.382 e. The van der Waals surface area contributed by atoms with Crippen LogP contribution >= 0.6 is 0 Å². The Kier molecular flexibility index (Phi) is 5.93. The molecule has 0 bridgehead atoms. The summed E-state index contributed by atoms with van der Waals surface area (Å²) in [5.74, 6) is 0. The molecule has 10 heteroatoms. The minimum absolute atomic E-state index is 0.126. The molecule has 2 saturated heterocycles. The van der Waals surface area contributed by atoms with Crippen LogP contribution in [0.5, 0.6) is 0 Å². The zero-order chi connectivity index (χ0) is 17.1. The zero-order valence-corrected chi connectivity index (χ0v) is 13.9. The molecular formula is C14H21B2N3O5. The van der Waals surface area contributed by atoms with Crippen molar-refractivity contribution in [3.63, 3.8) is 0 Å². The highest BCUT2D eigenvalue weighted by molar-refractivity contribution is 6.11. The molecule has 0 saturated carbocycles. The summed E-state index contributed by atoms with van der Waals surface area (Å²) in [7, 11) is 14.9. The van der Waals surface area contributed by atoms with Gasteiger partial charge in [-0.15, -0.1) is 5.10 Å². The molecule has 24 heavy (non-hydrogen) atoms. The lowest BCUT2D eigenvalue weighted by atomic mass is 9.96. The van der Waals surface area contributed by atoms with Crippen molar-refractivity contribution < 1.29 is 23.7 Å². The van der Waals surface area contributed by atoms with E-state index >= 15 is 0 Å². The lowest BCUT2D eigenvalue weighted by Crippen LogP contribution is -2.29. The molecule has 3 rings (SSSR count). The summed E-state index contributed by atoms with van der Waals surface area (Å²) in [4.78, 5) is 0. The van der Waals surface area contributed by atoms with Crippen LogP contribution in [0.15, 0.2) is 6.20 Å². The first-order chi connectivity index (χ1) is 11.6. The third-order valence-electron chi connectivity index (χ3n) is 4.26. The fourth-order valence-electron chi connectivity index (χ4n) is 3.08. The van der Waals surface area contributed by atoms with Gasteiger partial charge in [-0.1, -0.05) is 5.21 Å². The molecule has 8 nitrogen and oxygen atoms in total. The molecule has 0 spiro atoms. The number of aromatic nitrogens is 3. The van der Waals surface area contributed by atoms with Crippen molar-refractivity contribution in [1.29, 1.82) is 0 Å². The Hall–Kier alpha value is -0.930. The number of ether oxygens (including phenoxy) is 5. The normalized spacial score (nSPS) is 36.4. The van der Waals surface area contributed by atoms with Crippen molar-refractivity contribution in [3.05, 3.63) is 11.9 Å². The number of rotatable bonds is 7. The Morgan fingerprint density at radius 3 is 2.71 bits per heavy atom. The second kappa shape index (κ2) is 7.97. The Labute approximate surface area is 143 Å². The summed E-state index contributed by atoms with van der Waals surface area (Å²) in [5, 5.41) is 8.21. The lowest BCUT2D eigenvalue weighted by molar-refractivity contribution is -0.0679. The van der Waals surface area contributed by atoms with Crippen molar-refractivity contribution in [2.24, 2.45) is 0 Å². The quantitative estimate of drug-likeness (QED) is 0.624. The molecule has 128 valence electrons. The average molecular weight is 333 g/mol. The van der Waals surface area contributed by atoms with Crippen molar-refractivity contribution in [2.45, 2.75) is 56.0 Å². The third-order valence-corrected chi connectivity index (χ3v) is 4.26. The van der Waals surface area contributed by atoms with Crippen LogP contribution in [0.2, 0.25) is 0 Å². The summed E-state index contributed by atoms with van der Waals surface area (Å²) in [6.07, 6.45) is 2.25. The number of hydrogen-bond acceptors (Lipinski definition) is 7. The van der Waals surface area contributed by atoms with Gasteiger partial charge in [0.1, 0.15) is 40.3 Å². The second-order valence-corrected chi connectivity index (χ2v) is 6.03. The van der Waals surface area contributed by atoms with E-state index in [-0.39, 0.29) is 43.2 Å². The number of nitrogens with zero attached hydrogens (tertiary/aromatic N) is 3. The molecule has 2 aliphatic rings. The van der Waals surface area contributed by atoms with Gasteiger partial charge in [-0.05, 0) is 12.8 Å². The van der Waals surface area contributed by atoms with Crippen LogP contribution in [-0.2, 0) is 30.4 Å². The van der Waals surface area contributed by atoms with Gasteiger partial charge in [-0.25, -0.2) is 4.68 Å². The van der Waals surface area contributed by atoms with Crippen LogP contribution in [0.4, 0.5) is 0 Å². The maximum absolute atomic E-state index is 5.85. The Bertz CT molecular complexity index is 534. The standard InChI is InChI=1S/C14H21B2N3O5/c1-20-6-11-9(3-12(15)23-11)22-7-19-5-8(17-18-19)14-10(21-2)4-13(16)24-14/h5,9-14H,3-4,6-7H2,1-2H3/t9-,10-,11-,12-,13-,14-/m1/s1. The molecule has 2 aliphatic heterocycles. The summed E-state index contributed by atoms with van der Waals surface area (Å²) < 4.78 is 29.2. The molecule has 0 aromatic carbocycles. The van der Waals surface area contributed by atoms with Gasteiger partial charge in [0.2, 0.25) is 0 Å². The smallest absolute Gasteiger partial charge is 0.141 e. The van der Waals surface area contributed by atoms with Gasteiger partial charge in [0.05, 0.1) is 25.0 Å². The van der Waals surface area contributed by atoms with Crippen LogP contribution in [0, 0.1) is 0 Å². The lowest BCUT2D eigenvalue weighted by Gasteiger charge is -2.18. The molecule has 4 radical (unpaired) electrons. The summed E-state index contributed by atoms with van der Waals surface area (Å²) in [6.45, 7) is 0.675. The predicted octanol–water partition coefficient (Wildman–Crippen LogP) is -0.478. The van der Waals surface area contributed by atoms with Gasteiger partial charge in [-0.3, -0.25) is 0 Å². The van der Waals surface area contributed by atoms with Crippen LogP contribution in [0.25, 0.3) is 0 Å². The maximum atomic E-state index is 5.85. The van der Waals surface area contributed by atoms with Crippen LogP contribution < -0.4 is 0 Å². The minimum atomic E-state index is -0.353.